The highest BCUT2D eigenvalue weighted by molar-refractivity contribution is 7.53. The molecule has 3 unspecified atom stereocenters. The standard InChI is InChI=1S/C19H29N2O8P/c1-12(2)10-16(17(22)20-13(3)18(23)24)29-30(26,27)14(4)21-19(25)28-11-15-8-6-5-7-9-15/h5-9,12-14,16H,10-11H2,1-4H3,(H,20,22)(H,21,25)(H,23,24)(H,26,27)/t13?,14-,16?/m0/s1. The Bertz CT molecular complexity index is 771. The average Bonchev–Trinajstić information content (AvgIpc) is 2.65. The lowest BCUT2D eigenvalue weighted by molar-refractivity contribution is -0.142. The van der Waals surface area contributed by atoms with Crippen LogP contribution in [0.15, 0.2) is 30.3 Å². The van der Waals surface area contributed by atoms with E-state index >= 15 is 0 Å². The lowest BCUT2D eigenvalue weighted by Gasteiger charge is -2.26. The molecule has 0 aromatic heterocycles. The average molecular weight is 444 g/mol. The highest BCUT2D eigenvalue weighted by Crippen LogP contribution is 2.48. The zero-order chi connectivity index (χ0) is 22.9. The lowest BCUT2D eigenvalue weighted by Crippen LogP contribution is -2.45. The van der Waals surface area contributed by atoms with Gasteiger partial charge in [-0.15, -0.1) is 0 Å². The van der Waals surface area contributed by atoms with Gasteiger partial charge in [0, 0.05) is 0 Å². The van der Waals surface area contributed by atoms with E-state index in [9.17, 15) is 23.8 Å². The Balaban J connectivity index is 2.72. The summed E-state index contributed by atoms with van der Waals surface area (Å²) in [6.07, 6.45) is -2.21. The molecule has 0 aliphatic carbocycles. The van der Waals surface area contributed by atoms with Crippen molar-refractivity contribution < 1.29 is 38.2 Å². The maximum absolute atomic E-state index is 12.6. The molecule has 4 atom stereocenters. The number of amides is 2. The Kier molecular flexibility index (Phi) is 9.98. The first-order valence-corrected chi connectivity index (χ1v) is 11.1. The van der Waals surface area contributed by atoms with Gasteiger partial charge < -0.3 is 25.4 Å². The Morgan fingerprint density at radius 3 is 2.20 bits per heavy atom. The number of benzene rings is 1. The molecule has 0 radical (unpaired) electrons. The van der Waals surface area contributed by atoms with E-state index in [4.69, 9.17) is 14.4 Å². The van der Waals surface area contributed by atoms with Crippen molar-refractivity contribution >= 4 is 25.6 Å². The minimum absolute atomic E-state index is 0.0264. The molecule has 0 spiro atoms. The van der Waals surface area contributed by atoms with Gasteiger partial charge in [0.2, 0.25) is 5.91 Å². The van der Waals surface area contributed by atoms with Crippen LogP contribution in [0.4, 0.5) is 4.79 Å². The number of nitrogens with one attached hydrogen (secondary N) is 2. The topological polar surface area (TPSA) is 151 Å². The summed E-state index contributed by atoms with van der Waals surface area (Å²) in [7, 11) is -4.49. The zero-order valence-corrected chi connectivity index (χ0v) is 18.3. The maximum Gasteiger partial charge on any atom is 0.408 e. The van der Waals surface area contributed by atoms with Crippen LogP contribution in [0.1, 0.15) is 39.7 Å². The molecule has 30 heavy (non-hydrogen) atoms. The minimum Gasteiger partial charge on any atom is -0.480 e. The highest BCUT2D eigenvalue weighted by atomic mass is 31.2. The molecule has 0 saturated carbocycles. The van der Waals surface area contributed by atoms with Crippen LogP contribution in [0.3, 0.4) is 0 Å². The molecule has 168 valence electrons. The van der Waals surface area contributed by atoms with Crippen LogP contribution in [0.2, 0.25) is 0 Å². The van der Waals surface area contributed by atoms with E-state index in [1.165, 1.54) is 13.8 Å². The van der Waals surface area contributed by atoms with Crippen molar-refractivity contribution in [3.63, 3.8) is 0 Å². The fourth-order valence-corrected chi connectivity index (χ4v) is 3.28. The Labute approximate surface area is 175 Å². The maximum atomic E-state index is 12.6. The van der Waals surface area contributed by atoms with Crippen LogP contribution in [0, 0.1) is 5.92 Å². The molecular weight excluding hydrogens is 415 g/mol. The molecule has 1 aromatic carbocycles. The van der Waals surface area contributed by atoms with E-state index in [0.29, 0.717) is 0 Å². The van der Waals surface area contributed by atoms with E-state index in [-0.39, 0.29) is 18.9 Å². The van der Waals surface area contributed by atoms with Crippen LogP contribution in [-0.4, -0.2) is 45.9 Å². The molecule has 0 heterocycles. The van der Waals surface area contributed by atoms with Gasteiger partial charge in [0.05, 0.1) is 0 Å². The van der Waals surface area contributed by atoms with Gasteiger partial charge >= 0.3 is 19.7 Å². The number of hydrogen-bond donors (Lipinski definition) is 4. The van der Waals surface area contributed by atoms with Crippen molar-refractivity contribution in [1.29, 1.82) is 0 Å². The van der Waals surface area contributed by atoms with Gasteiger partial charge in [0.1, 0.15) is 24.5 Å². The van der Waals surface area contributed by atoms with Crippen molar-refractivity contribution in [3.05, 3.63) is 35.9 Å². The van der Waals surface area contributed by atoms with Crippen LogP contribution < -0.4 is 10.6 Å². The van der Waals surface area contributed by atoms with Crippen molar-refractivity contribution in [3.8, 4) is 0 Å². The molecule has 2 amide bonds. The largest absolute Gasteiger partial charge is 0.480 e. The van der Waals surface area contributed by atoms with Crippen LogP contribution >= 0.6 is 7.60 Å². The molecular formula is C19H29N2O8P. The summed E-state index contributed by atoms with van der Waals surface area (Å²) in [5.74, 6) is -3.53. The molecule has 0 aliphatic heterocycles. The predicted molar refractivity (Wildman–Crippen MR) is 109 cm³/mol. The second kappa shape index (κ2) is 11.7. The van der Waals surface area contributed by atoms with Crippen LogP contribution in [0.25, 0.3) is 0 Å². The zero-order valence-electron chi connectivity index (χ0n) is 17.4. The van der Waals surface area contributed by atoms with Gasteiger partial charge in [-0.25, -0.2) is 4.79 Å². The summed E-state index contributed by atoms with van der Waals surface area (Å²) in [4.78, 5) is 45.5. The Morgan fingerprint density at radius 1 is 1.07 bits per heavy atom. The monoisotopic (exact) mass is 444 g/mol. The number of carboxylic acid groups (broad SMARTS) is 1. The third kappa shape index (κ3) is 8.94. The molecule has 0 bridgehead atoms. The minimum atomic E-state index is -4.49. The second-order valence-electron chi connectivity index (χ2n) is 7.24. The summed E-state index contributed by atoms with van der Waals surface area (Å²) in [5.41, 5.74) is 0.741. The summed E-state index contributed by atoms with van der Waals surface area (Å²) in [6, 6.07) is 7.68. The van der Waals surface area contributed by atoms with Crippen molar-refractivity contribution in [2.45, 2.75) is 58.7 Å². The van der Waals surface area contributed by atoms with Crippen molar-refractivity contribution in [2.24, 2.45) is 5.92 Å². The van der Waals surface area contributed by atoms with E-state index in [2.05, 4.69) is 10.6 Å². The second-order valence-corrected chi connectivity index (χ2v) is 9.35. The highest BCUT2D eigenvalue weighted by Gasteiger charge is 2.37. The number of hydrogen-bond acceptors (Lipinski definition) is 6. The summed E-state index contributed by atoms with van der Waals surface area (Å²) < 4.78 is 22.8. The summed E-state index contributed by atoms with van der Waals surface area (Å²) in [5, 5.41) is 13.4. The molecule has 1 rings (SSSR count). The van der Waals surface area contributed by atoms with Crippen molar-refractivity contribution in [1.82, 2.24) is 10.6 Å². The van der Waals surface area contributed by atoms with Crippen LogP contribution in [-0.2, 0) is 30.0 Å². The van der Waals surface area contributed by atoms with E-state index in [0.717, 1.165) is 5.56 Å². The van der Waals surface area contributed by atoms with Gasteiger partial charge in [-0.3, -0.25) is 18.7 Å². The molecule has 0 aliphatic rings. The Hall–Kier alpha value is -2.42. The molecule has 10 nitrogen and oxygen atoms in total. The molecule has 1 aromatic rings. The van der Waals surface area contributed by atoms with E-state index in [1.54, 1.807) is 38.1 Å². The fourth-order valence-electron chi connectivity index (χ4n) is 2.28. The normalized spacial score (nSPS) is 16.1. The third-order valence-corrected chi connectivity index (χ3v) is 5.68. The molecule has 4 N–H and O–H groups in total. The first kappa shape index (κ1) is 25.6. The van der Waals surface area contributed by atoms with Crippen molar-refractivity contribution in [2.75, 3.05) is 0 Å². The number of carbonyl (C=O) groups is 3. The number of alkyl carbamates (subject to hydrolysis) is 1. The number of ether oxygens (including phenoxy) is 1. The number of aliphatic carboxylic acids is 1. The number of rotatable bonds is 11. The van der Waals surface area contributed by atoms with Gasteiger partial charge in [-0.05, 0) is 31.7 Å². The fraction of sp³-hybridized carbons (Fsp3) is 0.526. The quantitative estimate of drug-likeness (QED) is 0.380. The molecule has 11 heteroatoms. The smallest absolute Gasteiger partial charge is 0.408 e. The first-order valence-electron chi connectivity index (χ1n) is 9.43. The van der Waals surface area contributed by atoms with E-state index in [1.807, 2.05) is 6.07 Å². The van der Waals surface area contributed by atoms with Gasteiger partial charge in [-0.1, -0.05) is 44.2 Å². The van der Waals surface area contributed by atoms with Gasteiger partial charge in [-0.2, -0.15) is 0 Å². The summed E-state index contributed by atoms with van der Waals surface area (Å²) >= 11 is 0. The number of carbonyl (C=O) groups excluding carboxylic acids is 2. The SMILES string of the molecule is CC(C)CC(OP(=O)(O)[C@@H](C)NC(=O)OCc1ccccc1)C(=O)NC(C)C(=O)O. The first-order chi connectivity index (χ1) is 13.9. The Morgan fingerprint density at radius 2 is 1.67 bits per heavy atom. The number of carboxylic acids is 1. The predicted octanol–water partition coefficient (Wildman–Crippen LogP) is 2.46. The van der Waals surface area contributed by atoms with E-state index < -0.39 is 43.5 Å². The van der Waals surface area contributed by atoms with Gasteiger partial charge in [0.25, 0.3) is 0 Å². The van der Waals surface area contributed by atoms with Gasteiger partial charge in [0.15, 0.2) is 0 Å². The lowest BCUT2D eigenvalue weighted by atomic mass is 10.1. The third-order valence-electron chi connectivity index (χ3n) is 4.01. The van der Waals surface area contributed by atoms with Crippen LogP contribution in [0.5, 0.6) is 0 Å². The summed E-state index contributed by atoms with van der Waals surface area (Å²) in [6.45, 7) is 6.03. The molecule has 0 fully saturated rings. The molecule has 0 saturated heterocycles.